The molecule has 1 aromatic rings. The van der Waals surface area contributed by atoms with Crippen LogP contribution in [0.4, 0.5) is 8.78 Å². The molecule has 0 atom stereocenters. The molecule has 0 unspecified atom stereocenters. The van der Waals surface area contributed by atoms with E-state index in [1.54, 1.807) is 0 Å². The van der Waals surface area contributed by atoms with Crippen LogP contribution in [0.3, 0.4) is 0 Å². The smallest absolute Gasteiger partial charge is 0.188 e. The normalized spacial score (nSPS) is 15.4. The van der Waals surface area contributed by atoms with E-state index in [-0.39, 0.29) is 30.5 Å². The van der Waals surface area contributed by atoms with E-state index in [9.17, 15) is 8.78 Å². The van der Waals surface area contributed by atoms with Crippen molar-refractivity contribution in [2.75, 3.05) is 6.54 Å². The number of rotatable bonds is 4. The highest BCUT2D eigenvalue weighted by Gasteiger charge is 2.16. The van der Waals surface area contributed by atoms with Gasteiger partial charge < -0.3 is 11.1 Å². The molecule has 1 aromatic carbocycles. The minimum absolute atomic E-state index is 0. The first-order chi connectivity index (χ1) is 9.06. The predicted octanol–water partition coefficient (Wildman–Crippen LogP) is 3.55. The summed E-state index contributed by atoms with van der Waals surface area (Å²) in [5.74, 6) is -0.739. The second-order valence-electron chi connectivity index (χ2n) is 4.74. The molecule has 3 N–H and O–H groups in total. The fourth-order valence-corrected chi connectivity index (χ4v) is 2.30. The largest absolute Gasteiger partial charge is 0.370 e. The molecule has 0 spiro atoms. The molecular formula is C13H17BrF2IN3. The highest BCUT2D eigenvalue weighted by atomic mass is 127. The third-order valence-electron chi connectivity index (χ3n) is 3.31. The molecule has 0 saturated heterocycles. The molecular weight excluding hydrogens is 443 g/mol. The van der Waals surface area contributed by atoms with Gasteiger partial charge in [-0.05, 0) is 36.5 Å². The number of nitrogens with one attached hydrogen (secondary N) is 1. The zero-order valence-corrected chi connectivity index (χ0v) is 14.8. The summed E-state index contributed by atoms with van der Waals surface area (Å²) in [4.78, 5) is 4.12. The van der Waals surface area contributed by atoms with Gasteiger partial charge in [-0.2, -0.15) is 0 Å². The molecule has 1 fully saturated rings. The van der Waals surface area contributed by atoms with Crippen molar-refractivity contribution in [3.05, 3.63) is 33.8 Å². The van der Waals surface area contributed by atoms with Crippen LogP contribution in [0.25, 0.3) is 0 Å². The summed E-state index contributed by atoms with van der Waals surface area (Å²) in [5, 5.41) is 3.04. The van der Waals surface area contributed by atoms with Gasteiger partial charge in [0.15, 0.2) is 17.6 Å². The molecule has 0 amide bonds. The lowest BCUT2D eigenvalue weighted by Gasteiger charge is -2.25. The van der Waals surface area contributed by atoms with Gasteiger partial charge in [0.05, 0.1) is 6.54 Å². The van der Waals surface area contributed by atoms with Crippen LogP contribution < -0.4 is 11.1 Å². The molecule has 0 aliphatic heterocycles. The maximum absolute atomic E-state index is 13.1. The number of aliphatic imine (C=N–C) groups is 1. The first kappa shape index (κ1) is 17.6. The van der Waals surface area contributed by atoms with E-state index in [1.165, 1.54) is 19.3 Å². The maximum Gasteiger partial charge on any atom is 0.188 e. The van der Waals surface area contributed by atoms with Crippen LogP contribution in [0.15, 0.2) is 21.6 Å². The molecule has 2 rings (SSSR count). The molecule has 0 radical (unpaired) electrons. The Balaban J connectivity index is 0.00000200. The zero-order valence-electron chi connectivity index (χ0n) is 10.8. The number of guanidine groups is 1. The average molecular weight is 460 g/mol. The fourth-order valence-electron chi connectivity index (χ4n) is 1.86. The molecule has 1 saturated carbocycles. The van der Waals surface area contributed by atoms with E-state index in [2.05, 4.69) is 26.2 Å². The van der Waals surface area contributed by atoms with Crippen molar-refractivity contribution in [3.8, 4) is 0 Å². The predicted molar refractivity (Wildman–Crippen MR) is 90.1 cm³/mol. The van der Waals surface area contributed by atoms with Crippen LogP contribution in [-0.2, 0) is 6.54 Å². The van der Waals surface area contributed by atoms with Crippen LogP contribution in [0.2, 0.25) is 0 Å². The minimum Gasteiger partial charge on any atom is -0.370 e. The second-order valence-corrected chi connectivity index (χ2v) is 5.59. The summed E-state index contributed by atoms with van der Waals surface area (Å²) >= 11 is 3.18. The van der Waals surface area contributed by atoms with Gasteiger partial charge >= 0.3 is 0 Å². The number of hydrogen-bond donors (Lipinski definition) is 2. The minimum atomic E-state index is -0.880. The van der Waals surface area contributed by atoms with Crippen molar-refractivity contribution in [2.45, 2.75) is 25.8 Å². The van der Waals surface area contributed by atoms with Gasteiger partial charge in [-0.25, -0.2) is 13.8 Å². The summed E-state index contributed by atoms with van der Waals surface area (Å²) in [6, 6.07) is 2.22. The lowest BCUT2D eigenvalue weighted by molar-refractivity contribution is 0.315. The topological polar surface area (TPSA) is 50.4 Å². The quantitative estimate of drug-likeness (QED) is 0.313. The highest BCUT2D eigenvalue weighted by Crippen LogP contribution is 2.25. The molecule has 1 aliphatic rings. The van der Waals surface area contributed by atoms with Gasteiger partial charge in [0.25, 0.3) is 0 Å². The molecule has 0 bridgehead atoms. The highest BCUT2D eigenvalue weighted by molar-refractivity contribution is 14.0. The van der Waals surface area contributed by atoms with E-state index in [1.807, 2.05) is 0 Å². The maximum atomic E-state index is 13.1. The van der Waals surface area contributed by atoms with Crippen LogP contribution in [-0.4, -0.2) is 12.5 Å². The van der Waals surface area contributed by atoms with Crippen molar-refractivity contribution in [3.63, 3.8) is 0 Å². The van der Waals surface area contributed by atoms with E-state index in [0.717, 1.165) is 18.7 Å². The van der Waals surface area contributed by atoms with Crippen LogP contribution in [0.5, 0.6) is 0 Å². The SMILES string of the molecule is I.NC(=NCc1cc(F)c(F)cc1Br)NCC1CCC1. The Bertz CT molecular complexity index is 493. The molecule has 112 valence electrons. The summed E-state index contributed by atoms with van der Waals surface area (Å²) in [6.07, 6.45) is 3.75. The monoisotopic (exact) mass is 459 g/mol. The van der Waals surface area contributed by atoms with Gasteiger partial charge in [0, 0.05) is 11.0 Å². The Morgan fingerprint density at radius 3 is 2.60 bits per heavy atom. The summed E-state index contributed by atoms with van der Waals surface area (Å²) in [7, 11) is 0. The Hall–Kier alpha value is -0.440. The molecule has 0 aromatic heterocycles. The second kappa shape index (κ2) is 8.11. The molecule has 3 nitrogen and oxygen atoms in total. The third kappa shape index (κ3) is 4.83. The zero-order chi connectivity index (χ0) is 13.8. The van der Waals surface area contributed by atoms with Gasteiger partial charge in [0.1, 0.15) is 0 Å². The first-order valence-corrected chi connectivity index (χ1v) is 7.03. The number of benzene rings is 1. The van der Waals surface area contributed by atoms with Gasteiger partial charge in [0.2, 0.25) is 0 Å². The van der Waals surface area contributed by atoms with Crippen LogP contribution >= 0.6 is 39.9 Å². The van der Waals surface area contributed by atoms with Crippen molar-refractivity contribution >= 4 is 45.9 Å². The van der Waals surface area contributed by atoms with E-state index < -0.39 is 11.6 Å². The fraction of sp³-hybridized carbons (Fsp3) is 0.462. The molecule has 1 aliphatic carbocycles. The number of nitrogens with two attached hydrogens (primary N) is 1. The Morgan fingerprint density at radius 1 is 1.35 bits per heavy atom. The standard InChI is InChI=1S/C13H16BrF2N3.HI/c14-10-5-12(16)11(15)4-9(10)7-19-13(17)18-6-8-2-1-3-8;/h4-5,8H,1-3,6-7H2,(H3,17,18,19);1H. The third-order valence-corrected chi connectivity index (χ3v) is 4.04. The van der Waals surface area contributed by atoms with Crippen LogP contribution in [0.1, 0.15) is 24.8 Å². The molecule has 7 heteroatoms. The van der Waals surface area contributed by atoms with Crippen molar-refractivity contribution in [2.24, 2.45) is 16.6 Å². The summed E-state index contributed by atoms with van der Waals surface area (Å²) in [6.45, 7) is 1.04. The van der Waals surface area contributed by atoms with Crippen molar-refractivity contribution < 1.29 is 8.78 Å². The molecule has 20 heavy (non-hydrogen) atoms. The van der Waals surface area contributed by atoms with E-state index in [0.29, 0.717) is 21.9 Å². The first-order valence-electron chi connectivity index (χ1n) is 6.23. The lowest BCUT2D eigenvalue weighted by atomic mass is 9.85. The summed E-state index contributed by atoms with van der Waals surface area (Å²) in [5.41, 5.74) is 6.28. The summed E-state index contributed by atoms with van der Waals surface area (Å²) < 4.78 is 26.5. The van der Waals surface area contributed by atoms with Gasteiger partial charge in [-0.3, -0.25) is 0 Å². The number of halogens is 4. The Labute approximate surface area is 142 Å². The van der Waals surface area contributed by atoms with Crippen LogP contribution in [0, 0.1) is 17.6 Å². The number of hydrogen-bond acceptors (Lipinski definition) is 1. The average Bonchev–Trinajstić information content (AvgIpc) is 2.30. The Morgan fingerprint density at radius 2 is 2.00 bits per heavy atom. The molecule has 0 heterocycles. The number of nitrogens with zero attached hydrogens (tertiary/aromatic N) is 1. The van der Waals surface area contributed by atoms with Crippen molar-refractivity contribution in [1.82, 2.24) is 5.32 Å². The Kier molecular flexibility index (Phi) is 7.14. The van der Waals surface area contributed by atoms with E-state index >= 15 is 0 Å². The van der Waals surface area contributed by atoms with Gasteiger partial charge in [-0.15, -0.1) is 24.0 Å². The van der Waals surface area contributed by atoms with Crippen molar-refractivity contribution in [1.29, 1.82) is 0 Å². The van der Waals surface area contributed by atoms with E-state index in [4.69, 9.17) is 5.73 Å². The van der Waals surface area contributed by atoms with Gasteiger partial charge in [-0.1, -0.05) is 22.4 Å². The lowest BCUT2D eigenvalue weighted by Crippen LogP contribution is -2.37.